The van der Waals surface area contributed by atoms with E-state index < -0.39 is 5.97 Å². The van der Waals surface area contributed by atoms with Crippen LogP contribution < -0.4 is 11.5 Å². The third-order valence-electron chi connectivity index (χ3n) is 12.3. The molecule has 0 aromatic heterocycles. The van der Waals surface area contributed by atoms with Crippen molar-refractivity contribution in [2.75, 3.05) is 18.1 Å². The molecule has 212 valence electrons. The van der Waals surface area contributed by atoms with Crippen molar-refractivity contribution < 1.29 is 14.6 Å². The number of nitrogen functional groups attached to an aromatic ring is 2. The second kappa shape index (κ2) is 11.0. The Morgan fingerprint density at radius 1 is 1.05 bits per heavy atom. The molecule has 0 radical (unpaired) electrons. The number of aryl methyl sites for hydroxylation is 1. The summed E-state index contributed by atoms with van der Waals surface area (Å²) in [5.74, 6) is 3.95. The highest BCUT2D eigenvalue weighted by Gasteiger charge is 2.60. The average molecular weight is 525 g/mol. The molecule has 4 saturated carbocycles. The number of carboxylic acids is 1. The molecule has 1 aromatic rings. The molecule has 0 bridgehead atoms. The van der Waals surface area contributed by atoms with E-state index in [0.717, 1.165) is 60.9 Å². The Hall–Kier alpha value is -1.75. The topological polar surface area (TPSA) is 98.6 Å². The highest BCUT2D eigenvalue weighted by atomic mass is 16.5. The van der Waals surface area contributed by atoms with Crippen molar-refractivity contribution in [3.05, 3.63) is 23.8 Å². The number of anilines is 2. The van der Waals surface area contributed by atoms with E-state index in [-0.39, 0.29) is 0 Å². The second-order valence-electron chi connectivity index (χ2n) is 14.1. The maximum atomic E-state index is 11.2. The molecule has 5 nitrogen and oxygen atoms in total. The fourth-order valence-electron chi connectivity index (χ4n) is 10.3. The minimum Gasteiger partial charge on any atom is -0.481 e. The van der Waals surface area contributed by atoms with Gasteiger partial charge in [-0.1, -0.05) is 26.8 Å². The zero-order chi connectivity index (χ0) is 27.1. The number of ether oxygens (including phenoxy) is 1. The lowest BCUT2D eigenvalue weighted by atomic mass is 9.44. The lowest BCUT2D eigenvalue weighted by Crippen LogP contribution is -2.54. The molecule has 0 heterocycles. The minimum atomic E-state index is -0.641. The Morgan fingerprint density at radius 2 is 1.82 bits per heavy atom. The van der Waals surface area contributed by atoms with Gasteiger partial charge in [0.25, 0.3) is 0 Å². The summed E-state index contributed by atoms with van der Waals surface area (Å²) in [5.41, 5.74) is 15.5. The van der Waals surface area contributed by atoms with Crippen LogP contribution in [0, 0.1) is 46.3 Å². The van der Waals surface area contributed by atoms with Gasteiger partial charge in [0, 0.05) is 24.4 Å². The number of rotatable bonds is 9. The van der Waals surface area contributed by atoms with Crippen molar-refractivity contribution in [3.8, 4) is 0 Å². The summed E-state index contributed by atoms with van der Waals surface area (Å²) in [6, 6.07) is 5.84. The molecule has 0 saturated heterocycles. The van der Waals surface area contributed by atoms with Crippen LogP contribution in [0.15, 0.2) is 18.2 Å². The maximum absolute atomic E-state index is 11.2. The van der Waals surface area contributed by atoms with Gasteiger partial charge in [0.1, 0.15) is 0 Å². The first-order chi connectivity index (χ1) is 18.1. The summed E-state index contributed by atoms with van der Waals surface area (Å²) in [6.07, 6.45) is 15.4. The van der Waals surface area contributed by atoms with Crippen molar-refractivity contribution in [3.63, 3.8) is 0 Å². The molecule has 9 atom stereocenters. The largest absolute Gasteiger partial charge is 0.481 e. The van der Waals surface area contributed by atoms with Crippen LogP contribution in [0.1, 0.15) is 103 Å². The van der Waals surface area contributed by atoms with E-state index in [1.807, 2.05) is 18.2 Å². The first-order valence-corrected chi connectivity index (χ1v) is 15.6. The number of hydrogen-bond donors (Lipinski definition) is 3. The van der Waals surface area contributed by atoms with Crippen LogP contribution in [0.3, 0.4) is 0 Å². The molecule has 2 unspecified atom stereocenters. The first-order valence-electron chi connectivity index (χ1n) is 15.6. The van der Waals surface area contributed by atoms with Crippen LogP contribution in [-0.4, -0.2) is 23.8 Å². The summed E-state index contributed by atoms with van der Waals surface area (Å²) in [6.45, 7) is 8.36. The Kier molecular flexibility index (Phi) is 8.06. The van der Waals surface area contributed by atoms with Crippen molar-refractivity contribution >= 4 is 17.3 Å². The van der Waals surface area contributed by atoms with Crippen LogP contribution in [-0.2, 0) is 16.0 Å². The standard InChI is InChI=1S/C33H52N2O3/c1-21(6-13-31(36)37)27-11-12-28-26-10-8-23-19-25(14-16-32(23,2)29(26)15-17-33(27,28)3)38-18-4-5-22-7-9-24(34)20-30(22)35/h7,9,20-21,23,25-29H,4-6,8,10-19,34-35H2,1-3H3,(H,36,37)/t21-,23?,25?,26+,27-,28+,29+,32+,33-/m1/s1. The minimum absolute atomic E-state index is 0.322. The molecule has 0 amide bonds. The van der Waals surface area contributed by atoms with Crippen molar-refractivity contribution in [2.24, 2.45) is 46.3 Å². The maximum Gasteiger partial charge on any atom is 0.303 e. The van der Waals surface area contributed by atoms with Crippen LogP contribution in [0.2, 0.25) is 0 Å². The molecule has 5 rings (SSSR count). The quantitative estimate of drug-likeness (QED) is 0.232. The molecule has 1 aromatic carbocycles. The van der Waals surface area contributed by atoms with E-state index in [0.29, 0.717) is 35.2 Å². The average Bonchev–Trinajstić information content (AvgIpc) is 3.23. The normalized spacial score (nSPS) is 39.1. The summed E-state index contributed by atoms with van der Waals surface area (Å²) in [7, 11) is 0. The number of hydrogen-bond acceptors (Lipinski definition) is 4. The van der Waals surface area contributed by atoms with E-state index in [4.69, 9.17) is 16.2 Å². The molecule has 0 spiro atoms. The Bertz CT molecular complexity index is 996. The highest BCUT2D eigenvalue weighted by Crippen LogP contribution is 2.68. The van der Waals surface area contributed by atoms with Gasteiger partial charge >= 0.3 is 5.97 Å². The van der Waals surface area contributed by atoms with E-state index in [1.165, 1.54) is 63.4 Å². The molecular formula is C33H52N2O3. The van der Waals surface area contributed by atoms with Gasteiger partial charge in [-0.15, -0.1) is 0 Å². The van der Waals surface area contributed by atoms with Crippen LogP contribution in [0.25, 0.3) is 0 Å². The number of aliphatic carboxylic acids is 1. The summed E-state index contributed by atoms with van der Waals surface area (Å²) in [5, 5.41) is 9.22. The number of carboxylic acid groups (broad SMARTS) is 1. The zero-order valence-corrected chi connectivity index (χ0v) is 24.1. The number of nitrogens with two attached hydrogens (primary N) is 2. The second-order valence-corrected chi connectivity index (χ2v) is 14.1. The highest BCUT2D eigenvalue weighted by molar-refractivity contribution is 5.66. The molecule has 5 heteroatoms. The van der Waals surface area contributed by atoms with Crippen molar-refractivity contribution in [1.29, 1.82) is 0 Å². The van der Waals surface area contributed by atoms with Gasteiger partial charge in [-0.3, -0.25) is 4.79 Å². The monoisotopic (exact) mass is 524 g/mol. The van der Waals surface area contributed by atoms with Gasteiger partial charge in [0.2, 0.25) is 0 Å². The van der Waals surface area contributed by atoms with Crippen molar-refractivity contribution in [2.45, 2.75) is 110 Å². The van der Waals surface area contributed by atoms with Gasteiger partial charge in [-0.2, -0.15) is 0 Å². The third kappa shape index (κ3) is 5.21. The lowest BCUT2D eigenvalue weighted by Gasteiger charge is -2.61. The Morgan fingerprint density at radius 3 is 2.58 bits per heavy atom. The molecular weight excluding hydrogens is 472 g/mol. The van der Waals surface area contributed by atoms with Gasteiger partial charge in [-0.05, 0) is 141 Å². The van der Waals surface area contributed by atoms with E-state index in [2.05, 4.69) is 20.8 Å². The first kappa shape index (κ1) is 27.8. The van der Waals surface area contributed by atoms with Gasteiger partial charge < -0.3 is 21.3 Å². The van der Waals surface area contributed by atoms with Gasteiger partial charge in [0.05, 0.1) is 6.10 Å². The van der Waals surface area contributed by atoms with Crippen LogP contribution in [0.5, 0.6) is 0 Å². The molecule has 4 fully saturated rings. The molecule has 4 aliphatic rings. The lowest BCUT2D eigenvalue weighted by molar-refractivity contribution is -0.139. The predicted molar refractivity (Wildman–Crippen MR) is 155 cm³/mol. The zero-order valence-electron chi connectivity index (χ0n) is 24.1. The summed E-state index contributed by atoms with van der Waals surface area (Å²) < 4.78 is 6.46. The van der Waals surface area contributed by atoms with Crippen LogP contribution >= 0.6 is 0 Å². The predicted octanol–water partition coefficient (Wildman–Crippen LogP) is 7.33. The Balaban J connectivity index is 1.15. The summed E-state index contributed by atoms with van der Waals surface area (Å²) >= 11 is 0. The molecule has 5 N–H and O–H groups in total. The Labute approximate surface area is 230 Å². The fourth-order valence-corrected chi connectivity index (χ4v) is 10.3. The van der Waals surface area contributed by atoms with E-state index >= 15 is 0 Å². The molecule has 0 aliphatic heterocycles. The van der Waals surface area contributed by atoms with E-state index in [1.54, 1.807) is 0 Å². The summed E-state index contributed by atoms with van der Waals surface area (Å²) in [4.78, 5) is 11.2. The third-order valence-corrected chi connectivity index (χ3v) is 12.3. The van der Waals surface area contributed by atoms with Gasteiger partial charge in [-0.25, -0.2) is 0 Å². The number of carbonyl (C=O) groups is 1. The van der Waals surface area contributed by atoms with Crippen molar-refractivity contribution in [1.82, 2.24) is 0 Å². The number of benzene rings is 1. The smallest absolute Gasteiger partial charge is 0.303 e. The fraction of sp³-hybridized carbons (Fsp3) is 0.788. The molecule has 38 heavy (non-hydrogen) atoms. The number of fused-ring (bicyclic) bond motifs is 5. The van der Waals surface area contributed by atoms with E-state index in [9.17, 15) is 9.90 Å². The molecule has 4 aliphatic carbocycles. The van der Waals surface area contributed by atoms with Crippen LogP contribution in [0.4, 0.5) is 11.4 Å². The van der Waals surface area contributed by atoms with Gasteiger partial charge in [0.15, 0.2) is 0 Å². The SMILES string of the molecule is C[C@H](CCC(=O)O)[C@H]1CC[C@H]2[C@@H]3CCC4CC(OCCCc5ccc(N)cc5N)CC[C@]4(C)[C@H]3CC[C@]12C.